The molecule has 0 aromatic carbocycles. The third-order valence-corrected chi connectivity index (χ3v) is 2.38. The largest absolute Gasteiger partial charge is 0.382 e. The summed E-state index contributed by atoms with van der Waals surface area (Å²) in [5, 5.41) is 0. The van der Waals surface area contributed by atoms with Gasteiger partial charge in [0.25, 0.3) is 0 Å². The number of nitrogens with zero attached hydrogens (tertiary/aromatic N) is 4. The van der Waals surface area contributed by atoms with Crippen molar-refractivity contribution in [3.63, 3.8) is 0 Å². The molecule has 0 amide bonds. The third-order valence-electron chi connectivity index (χ3n) is 1.79. The van der Waals surface area contributed by atoms with Crippen LogP contribution in [0.4, 0.5) is 11.8 Å². The second-order valence-electron chi connectivity index (χ2n) is 2.93. The zero-order valence-electron chi connectivity index (χ0n) is 8.14. The van der Waals surface area contributed by atoms with E-state index in [9.17, 15) is 0 Å². The van der Waals surface area contributed by atoms with E-state index in [1.54, 1.807) is 18.0 Å². The minimum absolute atomic E-state index is 0.118. The van der Waals surface area contributed by atoms with Gasteiger partial charge in [0.15, 0.2) is 17.0 Å². The smallest absolute Gasteiger partial charge is 0.224 e. The van der Waals surface area contributed by atoms with Crippen molar-refractivity contribution in [1.29, 1.82) is 0 Å². The van der Waals surface area contributed by atoms with Crippen LogP contribution >= 0.6 is 11.8 Å². The first-order valence-corrected chi connectivity index (χ1v) is 5.63. The first kappa shape index (κ1) is 9.91. The molecule has 2 rings (SSSR count). The van der Waals surface area contributed by atoms with Crippen molar-refractivity contribution < 1.29 is 0 Å². The molecular weight excluding hydrogens is 212 g/mol. The second-order valence-corrected chi connectivity index (χ2v) is 3.80. The summed E-state index contributed by atoms with van der Waals surface area (Å²) in [6.45, 7) is 0. The number of anilines is 2. The van der Waals surface area contributed by atoms with Crippen LogP contribution in [0.3, 0.4) is 0 Å². The highest BCUT2D eigenvalue weighted by atomic mass is 32.2. The Morgan fingerprint density at radius 3 is 2.80 bits per heavy atom. The molecule has 0 spiro atoms. The Balaban J connectivity index is 2.60. The van der Waals surface area contributed by atoms with Crippen LogP contribution in [0.2, 0.25) is 0 Å². The van der Waals surface area contributed by atoms with Crippen molar-refractivity contribution in [2.24, 2.45) is 0 Å². The fraction of sp³-hybridized carbons (Fsp3) is 0.250. The predicted molar refractivity (Wildman–Crippen MR) is 61.2 cm³/mol. The maximum Gasteiger partial charge on any atom is 0.224 e. The first-order chi connectivity index (χ1) is 7.20. The van der Waals surface area contributed by atoms with Gasteiger partial charge in [-0.3, -0.25) is 0 Å². The zero-order chi connectivity index (χ0) is 10.8. The summed E-state index contributed by atoms with van der Waals surface area (Å²) in [5.74, 6) is 1.17. The zero-order valence-corrected chi connectivity index (χ0v) is 8.95. The average Bonchev–Trinajstić information content (AvgIpc) is 2.19. The normalized spacial score (nSPS) is 10.7. The van der Waals surface area contributed by atoms with Crippen molar-refractivity contribution >= 4 is 34.7 Å². The van der Waals surface area contributed by atoms with E-state index in [1.807, 2.05) is 6.26 Å². The summed E-state index contributed by atoms with van der Waals surface area (Å²) in [7, 11) is 0. The Morgan fingerprint density at radius 1 is 1.27 bits per heavy atom. The molecule has 2 aromatic rings. The highest BCUT2D eigenvalue weighted by molar-refractivity contribution is 7.97. The highest BCUT2D eigenvalue weighted by Crippen LogP contribution is 2.15. The number of nitrogens with two attached hydrogens (primary N) is 2. The van der Waals surface area contributed by atoms with Crippen LogP contribution in [0.15, 0.2) is 6.20 Å². The molecular formula is C8H10N6S. The molecule has 0 radical (unpaired) electrons. The van der Waals surface area contributed by atoms with Gasteiger partial charge in [-0.1, -0.05) is 0 Å². The minimum atomic E-state index is 0.118. The second kappa shape index (κ2) is 3.85. The van der Waals surface area contributed by atoms with Crippen molar-refractivity contribution in [3.8, 4) is 0 Å². The fourth-order valence-corrected chi connectivity index (χ4v) is 1.64. The van der Waals surface area contributed by atoms with Crippen LogP contribution in [0.5, 0.6) is 0 Å². The van der Waals surface area contributed by atoms with E-state index in [2.05, 4.69) is 19.9 Å². The van der Waals surface area contributed by atoms with E-state index in [-0.39, 0.29) is 11.8 Å². The molecule has 0 atom stereocenters. The lowest BCUT2D eigenvalue weighted by molar-refractivity contribution is 1.11. The van der Waals surface area contributed by atoms with Crippen molar-refractivity contribution in [1.82, 2.24) is 19.9 Å². The van der Waals surface area contributed by atoms with Crippen LogP contribution in [0, 0.1) is 0 Å². The van der Waals surface area contributed by atoms with Gasteiger partial charge in [-0.25, -0.2) is 9.97 Å². The van der Waals surface area contributed by atoms with Gasteiger partial charge in [0.1, 0.15) is 0 Å². The molecule has 2 heterocycles. The number of rotatable bonds is 2. The van der Waals surface area contributed by atoms with E-state index in [0.717, 1.165) is 11.4 Å². The van der Waals surface area contributed by atoms with Crippen molar-refractivity contribution in [2.45, 2.75) is 5.75 Å². The number of fused-ring (bicyclic) bond motifs is 1. The van der Waals surface area contributed by atoms with E-state index >= 15 is 0 Å². The van der Waals surface area contributed by atoms with Crippen LogP contribution in [-0.2, 0) is 5.75 Å². The Bertz CT molecular complexity index is 500. The van der Waals surface area contributed by atoms with Crippen LogP contribution in [0.25, 0.3) is 11.2 Å². The van der Waals surface area contributed by atoms with Gasteiger partial charge < -0.3 is 11.5 Å². The lowest BCUT2D eigenvalue weighted by atomic mass is 10.4. The van der Waals surface area contributed by atoms with Gasteiger partial charge in [-0.2, -0.15) is 21.7 Å². The molecule has 0 saturated heterocycles. The number of thioether (sulfide) groups is 1. The van der Waals surface area contributed by atoms with Crippen LogP contribution in [0.1, 0.15) is 5.69 Å². The van der Waals surface area contributed by atoms with E-state index < -0.39 is 0 Å². The van der Waals surface area contributed by atoms with E-state index in [0.29, 0.717) is 11.2 Å². The number of nitrogen functional groups attached to an aromatic ring is 2. The minimum Gasteiger partial charge on any atom is -0.382 e. The molecule has 0 aliphatic rings. The molecule has 4 N–H and O–H groups in total. The molecule has 0 fully saturated rings. The van der Waals surface area contributed by atoms with Crippen molar-refractivity contribution in [2.75, 3.05) is 17.7 Å². The highest BCUT2D eigenvalue weighted by Gasteiger charge is 2.06. The number of hydrogen-bond donors (Lipinski definition) is 2. The molecule has 0 aliphatic heterocycles. The van der Waals surface area contributed by atoms with Gasteiger partial charge >= 0.3 is 0 Å². The quantitative estimate of drug-likeness (QED) is 0.760. The Labute approximate surface area is 90.5 Å². The maximum absolute atomic E-state index is 5.68. The van der Waals surface area contributed by atoms with Gasteiger partial charge in [-0.15, -0.1) is 0 Å². The van der Waals surface area contributed by atoms with Gasteiger partial charge in [-0.05, 0) is 6.26 Å². The molecule has 2 aromatic heterocycles. The molecule has 6 nitrogen and oxygen atoms in total. The Hall–Kier alpha value is -1.63. The summed E-state index contributed by atoms with van der Waals surface area (Å²) in [5.41, 5.74) is 12.9. The SMILES string of the molecule is CSCc1cnc2nc(N)nc(N)c2n1. The molecule has 0 saturated carbocycles. The average molecular weight is 222 g/mol. The standard InChI is InChI=1S/C8H10N6S/c1-15-3-4-2-11-7-5(12-4)6(9)13-8(10)14-7/h2H,3H2,1H3,(H4,9,10,11,13,14). The molecule has 7 heteroatoms. The number of hydrogen-bond acceptors (Lipinski definition) is 7. The van der Waals surface area contributed by atoms with Crippen molar-refractivity contribution in [3.05, 3.63) is 11.9 Å². The fourth-order valence-electron chi connectivity index (χ4n) is 1.20. The summed E-state index contributed by atoms with van der Waals surface area (Å²) < 4.78 is 0. The molecule has 0 aliphatic carbocycles. The Kier molecular flexibility index (Phi) is 2.55. The van der Waals surface area contributed by atoms with Gasteiger partial charge in [0.05, 0.1) is 11.9 Å². The molecule has 78 valence electrons. The Morgan fingerprint density at radius 2 is 2.07 bits per heavy atom. The monoisotopic (exact) mass is 222 g/mol. The lowest BCUT2D eigenvalue weighted by Gasteiger charge is -2.02. The molecule has 0 unspecified atom stereocenters. The van der Waals surface area contributed by atoms with E-state index in [1.165, 1.54) is 0 Å². The summed E-state index contributed by atoms with van der Waals surface area (Å²) in [4.78, 5) is 16.2. The topological polar surface area (TPSA) is 104 Å². The molecule has 0 bridgehead atoms. The third kappa shape index (κ3) is 1.91. The number of aromatic nitrogens is 4. The lowest BCUT2D eigenvalue weighted by Crippen LogP contribution is -2.04. The predicted octanol–water partition coefficient (Wildman–Crippen LogP) is 0.447. The first-order valence-electron chi connectivity index (χ1n) is 4.24. The summed E-state index contributed by atoms with van der Waals surface area (Å²) in [6.07, 6.45) is 3.67. The van der Waals surface area contributed by atoms with Gasteiger partial charge in [0.2, 0.25) is 5.95 Å². The summed E-state index contributed by atoms with van der Waals surface area (Å²) in [6, 6.07) is 0. The van der Waals surface area contributed by atoms with Crippen LogP contribution < -0.4 is 11.5 Å². The summed E-state index contributed by atoms with van der Waals surface area (Å²) >= 11 is 1.66. The maximum atomic E-state index is 5.68. The van der Waals surface area contributed by atoms with Crippen LogP contribution in [-0.4, -0.2) is 26.2 Å². The van der Waals surface area contributed by atoms with Gasteiger partial charge in [0, 0.05) is 5.75 Å². The molecule has 15 heavy (non-hydrogen) atoms. The van der Waals surface area contributed by atoms with E-state index in [4.69, 9.17) is 11.5 Å².